The number of hydrogen-bond acceptors (Lipinski definition) is 8. The lowest BCUT2D eigenvalue weighted by molar-refractivity contribution is -0.137. The standard InChI is InChI=1S/C42H82O9/c1-3-5-7-9-14-20-26-38(44)40(28-22-16-11-12-19-25-31-43)50-36-34-48-32-33-49-35-37-51-41(29-23-17-13-18-24-30-42(46)47)39(45)27-21-15-10-8-6-4-2/h31,38-41,44-45H,3-30,32-37H2,1-2H3,(H,46,47). The van der Waals surface area contributed by atoms with Crippen molar-refractivity contribution in [1.29, 1.82) is 0 Å². The number of aliphatic hydroxyl groups is 2. The first-order valence-electron chi connectivity index (χ1n) is 21.4. The number of unbranched alkanes of at least 4 members (excludes halogenated alkanes) is 19. The normalized spacial score (nSPS) is 14.0. The van der Waals surface area contributed by atoms with Crippen molar-refractivity contribution >= 4 is 12.3 Å². The Morgan fingerprint density at radius 1 is 0.490 bits per heavy atom. The van der Waals surface area contributed by atoms with Crippen molar-refractivity contribution in [2.45, 2.75) is 218 Å². The van der Waals surface area contributed by atoms with E-state index < -0.39 is 18.2 Å². The number of carboxylic acids is 1. The Kier molecular flexibility index (Phi) is 39.2. The average molecular weight is 731 g/mol. The van der Waals surface area contributed by atoms with Gasteiger partial charge >= 0.3 is 5.97 Å². The van der Waals surface area contributed by atoms with Crippen molar-refractivity contribution < 1.29 is 43.9 Å². The maximum atomic E-state index is 10.9. The van der Waals surface area contributed by atoms with Crippen molar-refractivity contribution in [3.05, 3.63) is 0 Å². The van der Waals surface area contributed by atoms with E-state index >= 15 is 0 Å². The van der Waals surface area contributed by atoms with Crippen LogP contribution in [0.4, 0.5) is 0 Å². The number of carbonyl (C=O) groups excluding carboxylic acids is 1. The summed E-state index contributed by atoms with van der Waals surface area (Å²) in [7, 11) is 0. The van der Waals surface area contributed by atoms with Crippen molar-refractivity contribution in [2.75, 3.05) is 39.6 Å². The van der Waals surface area contributed by atoms with Gasteiger partial charge in [0.15, 0.2) is 0 Å². The summed E-state index contributed by atoms with van der Waals surface area (Å²) in [6.45, 7) is 7.12. The monoisotopic (exact) mass is 731 g/mol. The molecular weight excluding hydrogens is 648 g/mol. The van der Waals surface area contributed by atoms with E-state index in [1.807, 2.05) is 0 Å². The number of ether oxygens (including phenoxy) is 4. The van der Waals surface area contributed by atoms with Crippen molar-refractivity contribution in [3.63, 3.8) is 0 Å². The molecule has 4 unspecified atom stereocenters. The Morgan fingerprint density at radius 3 is 1.25 bits per heavy atom. The molecule has 4 atom stereocenters. The van der Waals surface area contributed by atoms with Gasteiger partial charge in [0.05, 0.1) is 64.1 Å². The summed E-state index contributed by atoms with van der Waals surface area (Å²) in [5, 5.41) is 30.6. The van der Waals surface area contributed by atoms with Gasteiger partial charge in [0.1, 0.15) is 6.29 Å². The van der Waals surface area contributed by atoms with Gasteiger partial charge in [-0.25, -0.2) is 0 Å². The zero-order valence-corrected chi connectivity index (χ0v) is 33.2. The second kappa shape index (κ2) is 40.1. The third-order valence-electron chi connectivity index (χ3n) is 9.75. The first kappa shape index (κ1) is 49.9. The summed E-state index contributed by atoms with van der Waals surface area (Å²) in [6.07, 6.45) is 28.0. The number of aliphatic hydroxyl groups excluding tert-OH is 2. The lowest BCUT2D eigenvalue weighted by Gasteiger charge is -2.24. The number of aliphatic carboxylic acids is 1. The van der Waals surface area contributed by atoms with Gasteiger partial charge in [-0.05, 0) is 38.5 Å². The summed E-state index contributed by atoms with van der Waals surface area (Å²) in [4.78, 5) is 21.2. The van der Waals surface area contributed by atoms with Crippen LogP contribution in [0.2, 0.25) is 0 Å². The number of rotatable bonds is 43. The lowest BCUT2D eigenvalue weighted by Crippen LogP contribution is -2.31. The second-order valence-electron chi connectivity index (χ2n) is 14.5. The molecule has 0 aromatic heterocycles. The van der Waals surface area contributed by atoms with E-state index in [1.165, 1.54) is 51.4 Å². The maximum absolute atomic E-state index is 10.9. The summed E-state index contributed by atoms with van der Waals surface area (Å²) in [5.41, 5.74) is 0. The van der Waals surface area contributed by atoms with Gasteiger partial charge in [-0.15, -0.1) is 0 Å². The van der Waals surface area contributed by atoms with E-state index in [2.05, 4.69) is 13.8 Å². The van der Waals surface area contributed by atoms with Crippen LogP contribution in [0, 0.1) is 0 Å². The van der Waals surface area contributed by atoms with E-state index in [9.17, 15) is 19.8 Å². The SMILES string of the molecule is CCCCCCCCC(O)C(CCCCCCCC=O)OCCOCCOCCOC(CCCCCCCC(=O)O)C(O)CCCCCCCC. The first-order valence-corrected chi connectivity index (χ1v) is 21.4. The van der Waals surface area contributed by atoms with Gasteiger partial charge in [-0.3, -0.25) is 4.79 Å². The molecule has 0 rings (SSSR count). The largest absolute Gasteiger partial charge is 0.481 e. The van der Waals surface area contributed by atoms with Gasteiger partial charge in [0.2, 0.25) is 0 Å². The molecule has 0 aliphatic carbocycles. The minimum Gasteiger partial charge on any atom is -0.481 e. The molecule has 0 heterocycles. The quantitative estimate of drug-likeness (QED) is 0.0414. The Bertz CT molecular complexity index is 722. The van der Waals surface area contributed by atoms with Gasteiger partial charge in [-0.2, -0.15) is 0 Å². The molecule has 0 saturated carbocycles. The molecule has 0 radical (unpaired) electrons. The van der Waals surface area contributed by atoms with Crippen LogP contribution in [-0.4, -0.2) is 91.6 Å². The predicted octanol–water partition coefficient (Wildman–Crippen LogP) is 9.76. The maximum Gasteiger partial charge on any atom is 0.303 e. The first-order chi connectivity index (χ1) is 25.0. The highest BCUT2D eigenvalue weighted by atomic mass is 16.6. The number of carbonyl (C=O) groups is 2. The second-order valence-corrected chi connectivity index (χ2v) is 14.5. The molecule has 0 aromatic rings. The van der Waals surface area contributed by atoms with Crippen LogP contribution in [-0.2, 0) is 28.5 Å². The summed E-state index contributed by atoms with van der Waals surface area (Å²) in [6, 6.07) is 0. The molecule has 0 bridgehead atoms. The van der Waals surface area contributed by atoms with Crippen LogP contribution in [0.25, 0.3) is 0 Å². The summed E-state index contributed by atoms with van der Waals surface area (Å²) in [5.74, 6) is -0.732. The van der Waals surface area contributed by atoms with Crippen LogP contribution >= 0.6 is 0 Å². The van der Waals surface area contributed by atoms with Crippen LogP contribution in [0.15, 0.2) is 0 Å². The van der Waals surface area contributed by atoms with E-state index in [1.54, 1.807) is 0 Å². The number of carboxylic acid groups (broad SMARTS) is 1. The van der Waals surface area contributed by atoms with Crippen LogP contribution in [0.5, 0.6) is 0 Å². The third-order valence-corrected chi connectivity index (χ3v) is 9.75. The zero-order chi connectivity index (χ0) is 37.5. The van der Waals surface area contributed by atoms with Gasteiger partial charge in [-0.1, -0.05) is 142 Å². The highest BCUT2D eigenvalue weighted by Crippen LogP contribution is 2.19. The van der Waals surface area contributed by atoms with Gasteiger partial charge in [0, 0.05) is 12.8 Å². The Balaban J connectivity index is 4.36. The molecule has 3 N–H and O–H groups in total. The summed E-state index contributed by atoms with van der Waals surface area (Å²) >= 11 is 0. The van der Waals surface area contributed by atoms with Crippen LogP contribution < -0.4 is 0 Å². The smallest absolute Gasteiger partial charge is 0.303 e. The van der Waals surface area contributed by atoms with Crippen molar-refractivity contribution in [1.82, 2.24) is 0 Å². The fourth-order valence-electron chi connectivity index (χ4n) is 6.51. The zero-order valence-electron chi connectivity index (χ0n) is 33.2. The lowest BCUT2D eigenvalue weighted by atomic mass is 9.99. The molecule has 0 aliphatic rings. The molecule has 9 heteroatoms. The number of aldehydes is 1. The minimum absolute atomic E-state index is 0.172. The fourth-order valence-corrected chi connectivity index (χ4v) is 6.51. The highest BCUT2D eigenvalue weighted by Gasteiger charge is 2.20. The van der Waals surface area contributed by atoms with E-state index in [0.717, 1.165) is 122 Å². The molecule has 304 valence electrons. The third kappa shape index (κ3) is 35.7. The minimum atomic E-state index is -0.732. The molecular formula is C42H82O9. The van der Waals surface area contributed by atoms with E-state index in [0.29, 0.717) is 46.1 Å². The van der Waals surface area contributed by atoms with Crippen LogP contribution in [0.1, 0.15) is 194 Å². The predicted molar refractivity (Wildman–Crippen MR) is 207 cm³/mol. The molecule has 0 fully saturated rings. The van der Waals surface area contributed by atoms with Crippen molar-refractivity contribution in [3.8, 4) is 0 Å². The van der Waals surface area contributed by atoms with Crippen molar-refractivity contribution in [2.24, 2.45) is 0 Å². The van der Waals surface area contributed by atoms with Gasteiger partial charge < -0.3 is 39.1 Å². The molecule has 0 aliphatic heterocycles. The fraction of sp³-hybridized carbons (Fsp3) is 0.952. The Hall–Kier alpha value is -1.10. The molecule has 0 spiro atoms. The van der Waals surface area contributed by atoms with E-state index in [-0.39, 0.29) is 18.6 Å². The van der Waals surface area contributed by atoms with E-state index in [4.69, 9.17) is 24.1 Å². The Morgan fingerprint density at radius 2 is 0.843 bits per heavy atom. The molecule has 0 amide bonds. The Labute approximate surface area is 313 Å². The summed E-state index contributed by atoms with van der Waals surface area (Å²) < 4.78 is 23.8. The molecule has 51 heavy (non-hydrogen) atoms. The number of hydrogen-bond donors (Lipinski definition) is 3. The topological polar surface area (TPSA) is 132 Å². The van der Waals surface area contributed by atoms with Gasteiger partial charge in [0.25, 0.3) is 0 Å². The molecule has 9 nitrogen and oxygen atoms in total. The average Bonchev–Trinajstić information content (AvgIpc) is 3.12. The van der Waals surface area contributed by atoms with Crippen LogP contribution in [0.3, 0.4) is 0 Å². The highest BCUT2D eigenvalue weighted by molar-refractivity contribution is 5.66. The molecule has 0 aromatic carbocycles. The molecule has 0 saturated heterocycles.